The zero-order valence-electron chi connectivity index (χ0n) is 11.8. The van der Waals surface area contributed by atoms with Crippen LogP contribution in [0.15, 0.2) is 0 Å². The van der Waals surface area contributed by atoms with E-state index in [-0.39, 0.29) is 12.0 Å². The molecule has 5 heteroatoms. The maximum atomic E-state index is 11.3. The van der Waals surface area contributed by atoms with Crippen LogP contribution in [0.5, 0.6) is 0 Å². The molecule has 0 radical (unpaired) electrons. The lowest BCUT2D eigenvalue weighted by Gasteiger charge is -2.24. The number of hydrogen-bond acceptors (Lipinski definition) is 4. The van der Waals surface area contributed by atoms with Gasteiger partial charge in [-0.1, -0.05) is 0 Å². The van der Waals surface area contributed by atoms with Gasteiger partial charge in [-0.25, -0.2) is 0 Å². The van der Waals surface area contributed by atoms with Crippen molar-refractivity contribution in [3.63, 3.8) is 0 Å². The first-order valence-electron chi connectivity index (χ1n) is 6.76. The smallest absolute Gasteiger partial charge is 0.219 e. The Morgan fingerprint density at radius 1 is 1.28 bits per heavy atom. The van der Waals surface area contributed by atoms with Crippen molar-refractivity contribution < 1.29 is 14.6 Å². The van der Waals surface area contributed by atoms with Crippen LogP contribution in [0.1, 0.15) is 27.2 Å². The third-order valence-electron chi connectivity index (χ3n) is 3.12. The molecule has 1 unspecified atom stereocenters. The molecule has 5 nitrogen and oxygen atoms in total. The van der Waals surface area contributed by atoms with Crippen molar-refractivity contribution in [2.45, 2.75) is 39.4 Å². The molecule has 1 saturated heterocycles. The van der Waals surface area contributed by atoms with Crippen LogP contribution in [0.2, 0.25) is 0 Å². The molecule has 1 aliphatic rings. The largest absolute Gasteiger partial charge is 0.389 e. The highest BCUT2D eigenvalue weighted by molar-refractivity contribution is 5.73. The van der Waals surface area contributed by atoms with Gasteiger partial charge >= 0.3 is 0 Å². The zero-order valence-corrected chi connectivity index (χ0v) is 11.8. The lowest BCUT2D eigenvalue weighted by molar-refractivity contribution is -0.128. The van der Waals surface area contributed by atoms with Gasteiger partial charge in [0.1, 0.15) is 0 Å². The Morgan fingerprint density at radius 3 is 2.61 bits per heavy atom. The first kappa shape index (κ1) is 15.4. The summed E-state index contributed by atoms with van der Waals surface area (Å²) in [6.07, 6.45) is 0.672. The lowest BCUT2D eigenvalue weighted by atomic mass is 10.3. The second-order valence-electron chi connectivity index (χ2n) is 5.20. The van der Waals surface area contributed by atoms with Gasteiger partial charge in [0.15, 0.2) is 0 Å². The average Bonchev–Trinajstić information content (AvgIpc) is 2.52. The molecular formula is C13H26N2O3. The van der Waals surface area contributed by atoms with Crippen LogP contribution in [-0.4, -0.2) is 72.4 Å². The third-order valence-corrected chi connectivity index (χ3v) is 3.12. The number of rotatable bonds is 5. The van der Waals surface area contributed by atoms with Gasteiger partial charge < -0.3 is 14.7 Å². The number of aliphatic hydroxyl groups is 1. The molecule has 0 aromatic heterocycles. The topological polar surface area (TPSA) is 53.0 Å². The van der Waals surface area contributed by atoms with E-state index in [0.717, 1.165) is 32.6 Å². The minimum Gasteiger partial charge on any atom is -0.389 e. The number of carbonyl (C=O) groups is 1. The summed E-state index contributed by atoms with van der Waals surface area (Å²) in [5.74, 6) is 0.139. The lowest BCUT2D eigenvalue weighted by Crippen LogP contribution is -2.38. The van der Waals surface area contributed by atoms with Gasteiger partial charge in [0.2, 0.25) is 5.91 Å². The zero-order chi connectivity index (χ0) is 13.5. The number of carbonyl (C=O) groups excluding carboxylic acids is 1. The van der Waals surface area contributed by atoms with Gasteiger partial charge in [-0.05, 0) is 26.8 Å². The van der Waals surface area contributed by atoms with Crippen molar-refractivity contribution in [2.24, 2.45) is 0 Å². The fourth-order valence-corrected chi connectivity index (χ4v) is 2.12. The molecule has 106 valence electrons. The van der Waals surface area contributed by atoms with Crippen molar-refractivity contribution in [3.8, 4) is 0 Å². The van der Waals surface area contributed by atoms with E-state index >= 15 is 0 Å². The molecule has 1 amide bonds. The second kappa shape index (κ2) is 7.71. The van der Waals surface area contributed by atoms with Gasteiger partial charge in [0.05, 0.1) is 18.8 Å². The highest BCUT2D eigenvalue weighted by atomic mass is 16.5. The van der Waals surface area contributed by atoms with E-state index in [1.165, 1.54) is 0 Å². The van der Waals surface area contributed by atoms with Crippen molar-refractivity contribution in [1.82, 2.24) is 9.80 Å². The fourth-order valence-electron chi connectivity index (χ4n) is 2.12. The monoisotopic (exact) mass is 258 g/mol. The summed E-state index contributed by atoms with van der Waals surface area (Å²) in [4.78, 5) is 15.4. The summed E-state index contributed by atoms with van der Waals surface area (Å²) < 4.78 is 5.39. The second-order valence-corrected chi connectivity index (χ2v) is 5.20. The van der Waals surface area contributed by atoms with Gasteiger partial charge in [-0.2, -0.15) is 0 Å². The predicted octanol–water partition coefficient (Wildman–Crippen LogP) is 0.327. The van der Waals surface area contributed by atoms with Crippen LogP contribution >= 0.6 is 0 Å². The normalized spacial score (nSPS) is 19.9. The van der Waals surface area contributed by atoms with Gasteiger partial charge in [-0.3, -0.25) is 9.69 Å². The molecule has 1 rings (SSSR count). The highest BCUT2D eigenvalue weighted by Gasteiger charge is 2.18. The van der Waals surface area contributed by atoms with E-state index in [2.05, 4.69) is 4.90 Å². The molecule has 1 aliphatic heterocycles. The molecule has 1 atom stereocenters. The number of amides is 1. The number of β-amino-alcohol motifs (C(OH)–C–C–N with tert-alkyl or cyclic N) is 1. The van der Waals surface area contributed by atoms with Gasteiger partial charge in [-0.15, -0.1) is 0 Å². The van der Waals surface area contributed by atoms with Crippen molar-refractivity contribution in [2.75, 3.05) is 39.3 Å². The maximum absolute atomic E-state index is 11.3. The summed E-state index contributed by atoms with van der Waals surface area (Å²) >= 11 is 0. The van der Waals surface area contributed by atoms with Gasteiger partial charge in [0, 0.05) is 33.1 Å². The molecule has 0 aromatic rings. The Morgan fingerprint density at radius 2 is 2.00 bits per heavy atom. The Kier molecular flexibility index (Phi) is 6.60. The van der Waals surface area contributed by atoms with Crippen LogP contribution in [-0.2, 0) is 9.53 Å². The molecule has 0 aliphatic carbocycles. The van der Waals surface area contributed by atoms with Crippen molar-refractivity contribution >= 4 is 5.91 Å². The maximum Gasteiger partial charge on any atom is 0.219 e. The molecule has 18 heavy (non-hydrogen) atoms. The quantitative estimate of drug-likeness (QED) is 0.772. The van der Waals surface area contributed by atoms with Crippen molar-refractivity contribution in [3.05, 3.63) is 0 Å². The number of hydrogen-bond donors (Lipinski definition) is 1. The van der Waals surface area contributed by atoms with E-state index in [1.54, 1.807) is 6.92 Å². The molecule has 1 heterocycles. The Balaban J connectivity index is 2.28. The van der Waals surface area contributed by atoms with Crippen molar-refractivity contribution in [1.29, 1.82) is 0 Å². The van der Waals surface area contributed by atoms with E-state index in [1.807, 2.05) is 18.7 Å². The number of nitrogens with zero attached hydrogens (tertiary/aromatic N) is 2. The van der Waals surface area contributed by atoms with Crippen LogP contribution in [0.3, 0.4) is 0 Å². The Bertz CT molecular complexity index is 259. The highest BCUT2D eigenvalue weighted by Crippen LogP contribution is 2.05. The fraction of sp³-hybridized carbons (Fsp3) is 0.923. The minimum absolute atomic E-state index is 0.139. The van der Waals surface area contributed by atoms with Crippen LogP contribution in [0.25, 0.3) is 0 Å². The summed E-state index contributed by atoms with van der Waals surface area (Å²) in [6, 6.07) is 0. The van der Waals surface area contributed by atoms with E-state index in [9.17, 15) is 9.90 Å². The summed E-state index contributed by atoms with van der Waals surface area (Å²) in [7, 11) is 0. The predicted molar refractivity (Wildman–Crippen MR) is 70.4 cm³/mol. The molecule has 0 aromatic carbocycles. The van der Waals surface area contributed by atoms with Crippen LogP contribution in [0, 0.1) is 0 Å². The standard InChI is InChI=1S/C13H26N2O3/c1-11(2)18-10-13(17)9-14-5-4-6-15(8-7-14)12(3)16/h11,13,17H,4-10H2,1-3H3. The van der Waals surface area contributed by atoms with E-state index < -0.39 is 6.10 Å². The molecule has 1 fully saturated rings. The molecular weight excluding hydrogens is 232 g/mol. The molecule has 0 saturated carbocycles. The summed E-state index contributed by atoms with van der Waals surface area (Å²) in [5, 5.41) is 9.87. The first-order valence-corrected chi connectivity index (χ1v) is 6.76. The molecule has 1 N–H and O–H groups in total. The number of aliphatic hydroxyl groups excluding tert-OH is 1. The third kappa shape index (κ3) is 5.80. The van der Waals surface area contributed by atoms with Crippen LogP contribution in [0.4, 0.5) is 0 Å². The Labute approximate surface area is 110 Å². The SMILES string of the molecule is CC(=O)N1CCCN(CC(O)COC(C)C)CC1. The molecule has 0 bridgehead atoms. The minimum atomic E-state index is -0.448. The van der Waals surface area contributed by atoms with Gasteiger partial charge in [0.25, 0.3) is 0 Å². The van der Waals surface area contributed by atoms with E-state index in [0.29, 0.717) is 13.2 Å². The summed E-state index contributed by atoms with van der Waals surface area (Å²) in [5.41, 5.74) is 0. The first-order chi connectivity index (χ1) is 8.49. The van der Waals surface area contributed by atoms with Crippen LogP contribution < -0.4 is 0 Å². The molecule has 0 spiro atoms. The Hall–Kier alpha value is -0.650. The average molecular weight is 258 g/mol. The van der Waals surface area contributed by atoms with E-state index in [4.69, 9.17) is 4.74 Å². The summed E-state index contributed by atoms with van der Waals surface area (Å²) in [6.45, 7) is 9.88. The number of ether oxygens (including phenoxy) is 1.